The molecular weight excluding hydrogens is 220 g/mol. The molecule has 0 saturated heterocycles. The normalized spacial score (nSPS) is 11.3. The molecule has 0 aliphatic heterocycles. The van der Waals surface area contributed by atoms with Gasteiger partial charge in [-0.3, -0.25) is 0 Å². The molecule has 0 bridgehead atoms. The molecule has 96 valence electrons. The van der Waals surface area contributed by atoms with Crippen molar-refractivity contribution >= 4 is 11.9 Å². The quantitative estimate of drug-likeness (QED) is 0.454. The van der Waals surface area contributed by atoms with Crippen LogP contribution < -0.4 is 0 Å². The fourth-order valence-corrected chi connectivity index (χ4v) is 1.42. The highest BCUT2D eigenvalue weighted by atomic mass is 16.4. The van der Waals surface area contributed by atoms with Gasteiger partial charge in [-0.15, -0.1) is 0 Å². The Balaban J connectivity index is 3.19. The summed E-state index contributed by atoms with van der Waals surface area (Å²) in [5.41, 5.74) is 0. The monoisotopic (exact) mass is 240 g/mol. The van der Waals surface area contributed by atoms with Crippen molar-refractivity contribution in [3.05, 3.63) is 24.3 Å². The molecule has 0 aromatic rings. The van der Waals surface area contributed by atoms with E-state index in [2.05, 4.69) is 0 Å². The van der Waals surface area contributed by atoms with Gasteiger partial charge in [0.05, 0.1) is 0 Å². The third-order valence-corrected chi connectivity index (χ3v) is 2.26. The van der Waals surface area contributed by atoms with Gasteiger partial charge in [-0.25, -0.2) is 9.59 Å². The highest BCUT2D eigenvalue weighted by Gasteiger charge is 1.90. The fraction of sp³-hybridized carbons (Fsp3) is 0.538. The van der Waals surface area contributed by atoms with Crippen LogP contribution >= 0.6 is 0 Å². The molecule has 0 atom stereocenters. The number of rotatable bonds is 10. The second-order valence-electron chi connectivity index (χ2n) is 3.83. The van der Waals surface area contributed by atoms with Gasteiger partial charge in [0, 0.05) is 12.2 Å². The van der Waals surface area contributed by atoms with Gasteiger partial charge in [-0.2, -0.15) is 0 Å². The summed E-state index contributed by atoms with van der Waals surface area (Å²) in [7, 11) is 0. The maximum atomic E-state index is 10.1. The highest BCUT2D eigenvalue weighted by Crippen LogP contribution is 2.07. The fourth-order valence-electron chi connectivity index (χ4n) is 1.42. The van der Waals surface area contributed by atoms with E-state index in [9.17, 15) is 9.59 Å². The van der Waals surface area contributed by atoms with Crippen LogP contribution in [0.25, 0.3) is 0 Å². The molecule has 0 unspecified atom stereocenters. The Kier molecular flexibility index (Phi) is 9.91. The van der Waals surface area contributed by atoms with Gasteiger partial charge in [-0.05, 0) is 25.7 Å². The van der Waals surface area contributed by atoms with E-state index in [4.69, 9.17) is 10.2 Å². The summed E-state index contributed by atoms with van der Waals surface area (Å²) in [4.78, 5) is 20.3. The highest BCUT2D eigenvalue weighted by molar-refractivity contribution is 5.79. The smallest absolute Gasteiger partial charge is 0.327 e. The number of allylic oxidation sites excluding steroid dienone is 2. The summed E-state index contributed by atoms with van der Waals surface area (Å²) in [6.45, 7) is 0. The molecule has 17 heavy (non-hydrogen) atoms. The summed E-state index contributed by atoms with van der Waals surface area (Å²) >= 11 is 0. The molecular formula is C13H20O4. The zero-order chi connectivity index (χ0) is 12.9. The third-order valence-electron chi connectivity index (χ3n) is 2.26. The predicted molar refractivity (Wildman–Crippen MR) is 65.9 cm³/mol. The molecule has 0 spiro atoms. The Morgan fingerprint density at radius 3 is 1.41 bits per heavy atom. The first-order valence-corrected chi connectivity index (χ1v) is 5.92. The summed E-state index contributed by atoms with van der Waals surface area (Å²) in [5.74, 6) is -1.79. The van der Waals surface area contributed by atoms with Gasteiger partial charge in [0.15, 0.2) is 0 Å². The summed E-state index contributed by atoms with van der Waals surface area (Å²) in [6, 6.07) is 0. The molecule has 0 saturated carbocycles. The van der Waals surface area contributed by atoms with Crippen LogP contribution in [0.3, 0.4) is 0 Å². The minimum Gasteiger partial charge on any atom is -0.478 e. The molecule has 0 radical (unpaired) electrons. The Morgan fingerprint density at radius 2 is 1.06 bits per heavy atom. The second kappa shape index (κ2) is 10.9. The molecule has 0 aliphatic carbocycles. The Morgan fingerprint density at radius 1 is 0.706 bits per heavy atom. The second-order valence-corrected chi connectivity index (χ2v) is 3.83. The van der Waals surface area contributed by atoms with E-state index < -0.39 is 11.9 Å². The van der Waals surface area contributed by atoms with Crippen LogP contribution in [-0.4, -0.2) is 22.2 Å². The van der Waals surface area contributed by atoms with Gasteiger partial charge in [0.2, 0.25) is 0 Å². The van der Waals surface area contributed by atoms with E-state index >= 15 is 0 Å². The van der Waals surface area contributed by atoms with Crippen molar-refractivity contribution in [2.24, 2.45) is 0 Å². The van der Waals surface area contributed by atoms with E-state index in [0.29, 0.717) is 0 Å². The molecule has 2 N–H and O–H groups in total. The first kappa shape index (κ1) is 15.4. The zero-order valence-electron chi connectivity index (χ0n) is 9.97. The van der Waals surface area contributed by atoms with E-state index in [0.717, 1.165) is 44.9 Å². The zero-order valence-corrected chi connectivity index (χ0v) is 9.97. The number of carboxylic acid groups (broad SMARTS) is 2. The SMILES string of the molecule is O=C(O)C=CCCCCCCCC=CC(=O)O. The van der Waals surface area contributed by atoms with Crippen molar-refractivity contribution in [1.29, 1.82) is 0 Å². The van der Waals surface area contributed by atoms with Crippen LogP contribution in [0, 0.1) is 0 Å². The van der Waals surface area contributed by atoms with Crippen molar-refractivity contribution in [2.45, 2.75) is 44.9 Å². The van der Waals surface area contributed by atoms with Crippen LogP contribution in [0.4, 0.5) is 0 Å². The molecule has 0 aromatic carbocycles. The lowest BCUT2D eigenvalue weighted by Crippen LogP contribution is -1.86. The largest absolute Gasteiger partial charge is 0.478 e. The van der Waals surface area contributed by atoms with E-state index in [1.54, 1.807) is 12.2 Å². The molecule has 4 nitrogen and oxygen atoms in total. The van der Waals surface area contributed by atoms with Crippen LogP contribution in [0.15, 0.2) is 24.3 Å². The lowest BCUT2D eigenvalue weighted by Gasteiger charge is -1.97. The van der Waals surface area contributed by atoms with Crippen LogP contribution in [0.5, 0.6) is 0 Å². The minimum absolute atomic E-state index is 0.811. The van der Waals surface area contributed by atoms with Crippen molar-refractivity contribution in [1.82, 2.24) is 0 Å². The Labute approximate surface area is 102 Å². The van der Waals surface area contributed by atoms with Crippen molar-refractivity contribution in [2.75, 3.05) is 0 Å². The number of carbonyl (C=O) groups is 2. The third kappa shape index (κ3) is 14.4. The van der Waals surface area contributed by atoms with Gasteiger partial charge in [0.25, 0.3) is 0 Å². The van der Waals surface area contributed by atoms with E-state index in [1.807, 2.05) is 0 Å². The lowest BCUT2D eigenvalue weighted by atomic mass is 10.1. The molecule has 0 heterocycles. The number of hydrogen-bond acceptors (Lipinski definition) is 2. The Hall–Kier alpha value is -1.58. The topological polar surface area (TPSA) is 74.6 Å². The van der Waals surface area contributed by atoms with E-state index in [1.165, 1.54) is 12.2 Å². The predicted octanol–water partition coefficient (Wildman–Crippen LogP) is 3.00. The maximum absolute atomic E-state index is 10.1. The summed E-state index contributed by atoms with van der Waals surface area (Å²) in [6.07, 6.45) is 12.6. The summed E-state index contributed by atoms with van der Waals surface area (Å²) in [5, 5.41) is 16.7. The van der Waals surface area contributed by atoms with Crippen LogP contribution in [0.1, 0.15) is 44.9 Å². The van der Waals surface area contributed by atoms with Crippen molar-refractivity contribution in [3.63, 3.8) is 0 Å². The van der Waals surface area contributed by atoms with Gasteiger partial charge in [0.1, 0.15) is 0 Å². The first-order chi connectivity index (χ1) is 8.13. The van der Waals surface area contributed by atoms with Crippen molar-refractivity contribution in [3.8, 4) is 0 Å². The molecule has 0 rings (SSSR count). The Bertz CT molecular complexity index is 251. The van der Waals surface area contributed by atoms with Gasteiger partial charge >= 0.3 is 11.9 Å². The maximum Gasteiger partial charge on any atom is 0.327 e. The molecule has 0 amide bonds. The first-order valence-electron chi connectivity index (χ1n) is 5.92. The summed E-state index contributed by atoms with van der Waals surface area (Å²) < 4.78 is 0. The molecule has 0 aromatic heterocycles. The lowest BCUT2D eigenvalue weighted by molar-refractivity contribution is -0.132. The number of aliphatic carboxylic acids is 2. The molecule has 4 heteroatoms. The molecule has 0 fully saturated rings. The van der Waals surface area contributed by atoms with Gasteiger partial charge < -0.3 is 10.2 Å². The standard InChI is InChI=1S/C13H20O4/c14-12(15)10-8-6-4-2-1-3-5-7-9-11-13(16)17/h8-11H,1-7H2,(H,14,15)(H,16,17). The number of hydrogen-bond donors (Lipinski definition) is 2. The number of unbranched alkanes of at least 4 members (excludes halogenated alkanes) is 6. The van der Waals surface area contributed by atoms with Crippen LogP contribution in [-0.2, 0) is 9.59 Å². The van der Waals surface area contributed by atoms with Gasteiger partial charge in [-0.1, -0.05) is 31.4 Å². The van der Waals surface area contributed by atoms with E-state index in [-0.39, 0.29) is 0 Å². The molecule has 0 aliphatic rings. The minimum atomic E-state index is -0.893. The average Bonchev–Trinajstić information content (AvgIpc) is 2.25. The number of carboxylic acids is 2. The van der Waals surface area contributed by atoms with Crippen molar-refractivity contribution < 1.29 is 19.8 Å². The average molecular weight is 240 g/mol. The van der Waals surface area contributed by atoms with Crippen LogP contribution in [0.2, 0.25) is 0 Å².